The first kappa shape index (κ1) is 36.1. The Kier molecular flexibility index (Phi) is 15.7. The smallest absolute Gasteiger partial charge is 0.273 e. The van der Waals surface area contributed by atoms with Gasteiger partial charge in [-0.1, -0.05) is 149 Å². The Balaban J connectivity index is 0.000000240. The van der Waals surface area contributed by atoms with E-state index < -0.39 is 0 Å². The zero-order chi connectivity index (χ0) is 31.9. The van der Waals surface area contributed by atoms with Crippen LogP contribution in [-0.2, 0) is 16.3 Å². The second-order valence-corrected chi connectivity index (χ2v) is 14.7. The Labute approximate surface area is 283 Å². The Morgan fingerprint density at radius 2 is 1.11 bits per heavy atom. The summed E-state index contributed by atoms with van der Waals surface area (Å²) < 4.78 is 3.82. The minimum Gasteiger partial charge on any atom is -0.273 e. The molecule has 2 aromatic carbocycles. The first-order valence-electron chi connectivity index (χ1n) is 12.7. The van der Waals surface area contributed by atoms with Gasteiger partial charge in [0, 0.05) is 17.9 Å². The highest BCUT2D eigenvalue weighted by Gasteiger charge is 2.14. The van der Waals surface area contributed by atoms with E-state index in [9.17, 15) is 19.2 Å². The molecule has 2 amide bonds. The molecule has 0 fully saturated rings. The Morgan fingerprint density at radius 3 is 1.50 bits per heavy atom. The third-order valence-corrected chi connectivity index (χ3v) is 10.8. The summed E-state index contributed by atoms with van der Waals surface area (Å²) in [5.74, 6) is 1.24. The van der Waals surface area contributed by atoms with E-state index in [-0.39, 0.29) is 21.6 Å². The van der Waals surface area contributed by atoms with Gasteiger partial charge in [0.25, 0.3) is 0 Å². The fourth-order valence-electron chi connectivity index (χ4n) is 2.95. The van der Waals surface area contributed by atoms with Gasteiger partial charge in [-0.15, -0.1) is 10.2 Å². The second-order valence-electron chi connectivity index (χ2n) is 8.05. The molecule has 232 valence electrons. The van der Waals surface area contributed by atoms with Gasteiger partial charge < -0.3 is 0 Å². The molecule has 0 radical (unpaired) electrons. The van der Waals surface area contributed by atoms with Crippen LogP contribution in [0, 0.1) is 0 Å². The van der Waals surface area contributed by atoms with Crippen molar-refractivity contribution in [1.82, 2.24) is 19.6 Å². The molecule has 2 aromatic heterocycles. The molecule has 0 atom stereocenters. The van der Waals surface area contributed by atoms with E-state index in [0.29, 0.717) is 24.7 Å². The number of carbonyl (C=O) groups excluding carboxylic acids is 4. The lowest BCUT2D eigenvalue weighted by molar-refractivity contribution is -0.117. The fraction of sp³-hybridized carbons (Fsp3) is 0.259. The van der Waals surface area contributed by atoms with Crippen LogP contribution in [0.5, 0.6) is 0 Å². The van der Waals surface area contributed by atoms with Gasteiger partial charge >= 0.3 is 15.7 Å². The maximum atomic E-state index is 11.9. The number of amides is 2. The van der Waals surface area contributed by atoms with Crippen LogP contribution in [0.2, 0.25) is 0 Å². The van der Waals surface area contributed by atoms with E-state index in [0.717, 1.165) is 46.8 Å². The average molecular weight is 725 g/mol. The number of hydrogen-bond donors (Lipinski definition) is 0. The van der Waals surface area contributed by atoms with Gasteiger partial charge in [0.05, 0.1) is 0 Å². The zero-order valence-electron chi connectivity index (χ0n) is 24.1. The van der Waals surface area contributed by atoms with Crippen LogP contribution in [-0.4, -0.2) is 60.0 Å². The van der Waals surface area contributed by atoms with Crippen LogP contribution in [0.25, 0.3) is 0 Å². The van der Waals surface area contributed by atoms with Gasteiger partial charge in [0.1, 0.15) is 0 Å². The van der Waals surface area contributed by atoms with Crippen LogP contribution in [0.1, 0.15) is 24.5 Å². The van der Waals surface area contributed by atoms with Gasteiger partial charge in [-0.2, -0.15) is 19.3 Å². The van der Waals surface area contributed by atoms with Crippen LogP contribution in [0.4, 0.5) is 14.4 Å². The Bertz CT molecular complexity index is 1570. The van der Waals surface area contributed by atoms with Gasteiger partial charge in [0.15, 0.2) is 8.68 Å². The SMILES string of the molecule is CCC(=O)N=c1sc(SCc2ccccc2)nn1C(=O)SC.CSC(=O)/N=c1/sc(SCc2ccccc2)nn1C(=O)SC. The summed E-state index contributed by atoms with van der Waals surface area (Å²) >= 11 is 8.63. The van der Waals surface area contributed by atoms with Crippen LogP contribution >= 0.6 is 81.5 Å². The molecule has 0 unspecified atom stereocenters. The third-order valence-electron chi connectivity index (χ3n) is 5.07. The van der Waals surface area contributed by atoms with Crippen molar-refractivity contribution in [2.24, 2.45) is 9.98 Å². The zero-order valence-corrected chi connectivity index (χ0v) is 29.8. The van der Waals surface area contributed by atoms with Gasteiger partial charge in [-0.3, -0.25) is 19.2 Å². The summed E-state index contributed by atoms with van der Waals surface area (Å²) in [4.78, 5) is 55.3. The molecule has 4 rings (SSSR count). The Hall–Kier alpha value is -2.41. The summed E-state index contributed by atoms with van der Waals surface area (Å²) in [7, 11) is 0. The van der Waals surface area contributed by atoms with E-state index in [2.05, 4.69) is 20.2 Å². The van der Waals surface area contributed by atoms with E-state index in [1.54, 1.807) is 25.7 Å². The number of thioether (sulfide) groups is 5. The molecular weight excluding hydrogens is 697 g/mol. The molecule has 0 spiro atoms. The van der Waals surface area contributed by atoms with E-state index in [1.807, 2.05) is 60.7 Å². The van der Waals surface area contributed by atoms with E-state index in [4.69, 9.17) is 0 Å². The highest BCUT2D eigenvalue weighted by molar-refractivity contribution is 8.13. The topological polar surface area (TPSA) is 129 Å². The summed E-state index contributed by atoms with van der Waals surface area (Å²) in [6.45, 7) is 1.73. The molecule has 0 N–H and O–H groups in total. The van der Waals surface area contributed by atoms with Crippen molar-refractivity contribution in [3.63, 3.8) is 0 Å². The number of hydrogen-bond acceptors (Lipinski definition) is 13. The summed E-state index contributed by atoms with van der Waals surface area (Å²) in [5, 5.41) is 7.68. The van der Waals surface area contributed by atoms with Crippen LogP contribution < -0.4 is 9.60 Å². The quantitative estimate of drug-likeness (QED) is 0.177. The second kappa shape index (κ2) is 19.2. The highest BCUT2D eigenvalue weighted by atomic mass is 32.2. The standard InChI is InChI=1S/C14H15N3O2S3.C13H13N3O2S4/c1-3-11(18)15-12-17(14(19)20-2)16-13(22-12)21-9-10-7-5-4-6-8-10;1-19-11(17)14-10-16(13(18)20-2)15-12(22-10)21-8-9-6-4-3-5-7-9/h4-8H,3,9H2,1-2H3;3-7H,8H2,1-2H3/b;14-10+. The molecule has 0 bridgehead atoms. The number of rotatable bonds is 7. The molecule has 0 saturated heterocycles. The lowest BCUT2D eigenvalue weighted by atomic mass is 10.2. The van der Waals surface area contributed by atoms with Crippen molar-refractivity contribution in [3.8, 4) is 0 Å². The Morgan fingerprint density at radius 1 is 0.682 bits per heavy atom. The molecule has 4 aromatic rings. The molecule has 2 heterocycles. The lowest BCUT2D eigenvalue weighted by Gasteiger charge is -1.97. The first-order valence-corrected chi connectivity index (χ1v) is 20.0. The van der Waals surface area contributed by atoms with Crippen molar-refractivity contribution in [3.05, 3.63) is 81.4 Å². The van der Waals surface area contributed by atoms with Crippen LogP contribution in [0.3, 0.4) is 0 Å². The molecule has 10 nitrogen and oxygen atoms in total. The van der Waals surface area contributed by atoms with Crippen molar-refractivity contribution in [2.75, 3.05) is 18.8 Å². The summed E-state index contributed by atoms with van der Waals surface area (Å²) in [6.07, 6.45) is 5.30. The minimum atomic E-state index is -0.342. The van der Waals surface area contributed by atoms with E-state index >= 15 is 0 Å². The first-order chi connectivity index (χ1) is 21.3. The van der Waals surface area contributed by atoms with Gasteiger partial charge in [-0.05, 0) is 29.9 Å². The molecule has 17 heteroatoms. The number of nitrogens with zero attached hydrogens (tertiary/aromatic N) is 6. The van der Waals surface area contributed by atoms with E-state index in [1.165, 1.54) is 66.7 Å². The van der Waals surface area contributed by atoms with Gasteiger partial charge in [-0.25, -0.2) is 0 Å². The van der Waals surface area contributed by atoms with Crippen molar-refractivity contribution in [2.45, 2.75) is 33.5 Å². The van der Waals surface area contributed by atoms with Crippen molar-refractivity contribution < 1.29 is 19.2 Å². The monoisotopic (exact) mass is 724 g/mol. The maximum absolute atomic E-state index is 11.9. The van der Waals surface area contributed by atoms with Crippen LogP contribution in [0.15, 0.2) is 79.3 Å². The summed E-state index contributed by atoms with van der Waals surface area (Å²) in [6, 6.07) is 20.0. The molecule has 0 aliphatic heterocycles. The predicted molar refractivity (Wildman–Crippen MR) is 186 cm³/mol. The minimum absolute atomic E-state index is 0.245. The van der Waals surface area contributed by atoms with Crippen molar-refractivity contribution in [1.29, 1.82) is 0 Å². The largest absolute Gasteiger partial charge is 0.308 e. The maximum Gasteiger partial charge on any atom is 0.308 e. The third kappa shape index (κ3) is 11.5. The molecule has 0 saturated carbocycles. The molecule has 0 aliphatic carbocycles. The molecule has 44 heavy (non-hydrogen) atoms. The average Bonchev–Trinajstić information content (AvgIpc) is 3.66. The number of benzene rings is 2. The van der Waals surface area contributed by atoms with Gasteiger partial charge in [0.2, 0.25) is 15.5 Å². The molecule has 0 aliphatic rings. The normalized spacial score (nSPS) is 11.6. The molecular formula is C27H28N6O4S7. The number of carbonyl (C=O) groups is 4. The lowest BCUT2D eigenvalue weighted by Crippen LogP contribution is -2.22. The number of aromatic nitrogens is 4. The predicted octanol–water partition coefficient (Wildman–Crippen LogP) is 7.36. The van der Waals surface area contributed by atoms with Crippen molar-refractivity contribution >= 4 is 103 Å². The highest BCUT2D eigenvalue weighted by Crippen LogP contribution is 2.24. The summed E-state index contributed by atoms with van der Waals surface area (Å²) in [5.41, 5.74) is 2.35. The fourth-order valence-corrected chi connectivity index (χ4v) is 7.67.